The molecule has 5 nitrogen and oxygen atoms in total. The van der Waals surface area contributed by atoms with Crippen molar-refractivity contribution in [2.45, 2.75) is 36.3 Å². The Balaban J connectivity index is 2.23. The van der Waals surface area contributed by atoms with Crippen molar-refractivity contribution in [3.63, 3.8) is 0 Å². The molecule has 0 aromatic heterocycles. The van der Waals surface area contributed by atoms with Gasteiger partial charge in [0.2, 0.25) is 0 Å². The molecule has 0 bridgehead atoms. The van der Waals surface area contributed by atoms with Gasteiger partial charge in [0.05, 0.1) is 22.6 Å². The summed E-state index contributed by atoms with van der Waals surface area (Å²) in [5, 5.41) is 2.88. The van der Waals surface area contributed by atoms with E-state index in [1.165, 1.54) is 18.2 Å². The van der Waals surface area contributed by atoms with Crippen LogP contribution in [-0.4, -0.2) is 33.6 Å². The zero-order valence-corrected chi connectivity index (χ0v) is 14.5. The van der Waals surface area contributed by atoms with E-state index in [0.29, 0.717) is 4.47 Å². The molecule has 1 amide bonds. The van der Waals surface area contributed by atoms with Crippen molar-refractivity contribution in [3.8, 4) is 0 Å². The molecule has 1 N–H and O–H groups in total. The van der Waals surface area contributed by atoms with Crippen LogP contribution in [-0.2, 0) is 13.8 Å². The van der Waals surface area contributed by atoms with E-state index in [4.69, 9.17) is 15.4 Å². The molecule has 21 heavy (non-hydrogen) atoms. The van der Waals surface area contributed by atoms with E-state index >= 15 is 0 Å². The average Bonchev–Trinajstić information content (AvgIpc) is 2.84. The molecule has 116 valence electrons. The van der Waals surface area contributed by atoms with Crippen LogP contribution in [0.4, 0.5) is 0 Å². The van der Waals surface area contributed by atoms with E-state index in [1.807, 2.05) is 0 Å². The van der Waals surface area contributed by atoms with E-state index in [9.17, 15) is 13.2 Å². The van der Waals surface area contributed by atoms with Gasteiger partial charge in [-0.25, -0.2) is 8.42 Å². The lowest BCUT2D eigenvalue weighted by Crippen LogP contribution is -2.40. The lowest BCUT2D eigenvalue weighted by atomic mass is 10.1. The predicted molar refractivity (Wildman–Crippen MR) is 83.1 cm³/mol. The first kappa shape index (κ1) is 16.7. The number of ether oxygens (including phenoxy) is 1. The molecule has 0 spiro atoms. The minimum Gasteiger partial charge on any atom is -0.379 e. The number of amides is 1. The van der Waals surface area contributed by atoms with Gasteiger partial charge >= 0.3 is 0 Å². The van der Waals surface area contributed by atoms with Gasteiger partial charge in [0.15, 0.2) is 0 Å². The maximum Gasteiger partial charge on any atom is 0.261 e. The van der Waals surface area contributed by atoms with Gasteiger partial charge in [-0.3, -0.25) is 4.79 Å². The molecule has 0 radical (unpaired) electrons. The van der Waals surface area contributed by atoms with E-state index in [2.05, 4.69) is 21.2 Å². The zero-order valence-electron chi connectivity index (χ0n) is 11.3. The third-order valence-electron chi connectivity index (χ3n) is 3.54. The number of carbonyl (C=O) groups is 1. The fourth-order valence-corrected chi connectivity index (χ4v) is 3.65. The van der Waals surface area contributed by atoms with Crippen LogP contribution < -0.4 is 5.32 Å². The van der Waals surface area contributed by atoms with Crippen molar-refractivity contribution in [3.05, 3.63) is 28.2 Å². The number of carbonyl (C=O) groups excluding carboxylic acids is 1. The summed E-state index contributed by atoms with van der Waals surface area (Å²) in [4.78, 5) is 12.2. The van der Waals surface area contributed by atoms with Crippen molar-refractivity contribution in [1.82, 2.24) is 5.32 Å². The topological polar surface area (TPSA) is 72.5 Å². The lowest BCUT2D eigenvalue weighted by molar-refractivity contribution is 0.0721. The zero-order chi connectivity index (χ0) is 15.6. The van der Waals surface area contributed by atoms with Crippen LogP contribution in [0.15, 0.2) is 27.6 Å². The highest BCUT2D eigenvalue weighted by Crippen LogP contribution is 2.25. The SMILES string of the molecule is COC1CCCC1NC(=O)c1cc(S(=O)(=O)Cl)ccc1Br. The summed E-state index contributed by atoms with van der Waals surface area (Å²) in [5.74, 6) is -0.349. The maximum absolute atomic E-state index is 12.3. The molecule has 1 saturated carbocycles. The van der Waals surface area contributed by atoms with Gasteiger partial charge in [-0.1, -0.05) is 0 Å². The predicted octanol–water partition coefficient (Wildman–Crippen LogP) is 2.67. The minimum absolute atomic E-state index is 0.00679. The van der Waals surface area contributed by atoms with Gasteiger partial charge in [-0.05, 0) is 53.4 Å². The summed E-state index contributed by atoms with van der Waals surface area (Å²) in [5.41, 5.74) is 0.235. The normalized spacial score (nSPS) is 22.2. The van der Waals surface area contributed by atoms with Crippen LogP contribution in [0.5, 0.6) is 0 Å². The number of halogens is 2. The number of benzene rings is 1. The van der Waals surface area contributed by atoms with Gasteiger partial charge < -0.3 is 10.1 Å². The minimum atomic E-state index is -3.87. The molecule has 0 saturated heterocycles. The summed E-state index contributed by atoms with van der Waals surface area (Å²) in [6, 6.07) is 4.03. The molecule has 1 aromatic rings. The second kappa shape index (κ2) is 6.64. The first-order valence-electron chi connectivity index (χ1n) is 6.41. The molecule has 1 aliphatic carbocycles. The Morgan fingerprint density at radius 3 is 2.76 bits per heavy atom. The second-order valence-corrected chi connectivity index (χ2v) is 8.28. The average molecular weight is 397 g/mol. The summed E-state index contributed by atoms with van der Waals surface area (Å²) in [6.07, 6.45) is 2.72. The standard InChI is InChI=1S/C13H15BrClNO4S/c1-20-12-4-2-3-11(12)16-13(17)9-7-8(21(15,18)19)5-6-10(9)14/h5-7,11-12H,2-4H2,1H3,(H,16,17). The van der Waals surface area contributed by atoms with Gasteiger partial charge in [-0.2, -0.15) is 0 Å². The monoisotopic (exact) mass is 395 g/mol. The maximum atomic E-state index is 12.3. The van der Waals surface area contributed by atoms with Gasteiger partial charge in [0.25, 0.3) is 15.0 Å². The number of hydrogen-bond acceptors (Lipinski definition) is 4. The first-order valence-corrected chi connectivity index (χ1v) is 9.51. The number of hydrogen-bond donors (Lipinski definition) is 1. The van der Waals surface area contributed by atoms with Crippen LogP contribution in [0.2, 0.25) is 0 Å². The molecule has 2 atom stereocenters. The smallest absolute Gasteiger partial charge is 0.261 e. The Labute approximate surface area is 136 Å². The molecule has 0 heterocycles. The molecule has 1 fully saturated rings. The number of nitrogens with one attached hydrogen (secondary N) is 1. The lowest BCUT2D eigenvalue weighted by Gasteiger charge is -2.20. The molecule has 2 unspecified atom stereocenters. The first-order chi connectivity index (χ1) is 9.82. The van der Waals surface area contributed by atoms with E-state index in [-0.39, 0.29) is 28.5 Å². The highest BCUT2D eigenvalue weighted by Gasteiger charge is 2.29. The van der Waals surface area contributed by atoms with Gasteiger partial charge in [0, 0.05) is 22.3 Å². The Morgan fingerprint density at radius 1 is 1.43 bits per heavy atom. The third-order valence-corrected chi connectivity index (χ3v) is 5.58. The Hall–Kier alpha value is -0.630. The van der Waals surface area contributed by atoms with Crippen molar-refractivity contribution < 1.29 is 17.9 Å². The molecule has 1 aliphatic rings. The quantitative estimate of drug-likeness (QED) is 0.794. The van der Waals surface area contributed by atoms with Crippen molar-refractivity contribution in [1.29, 1.82) is 0 Å². The molecule has 0 aliphatic heterocycles. The van der Waals surface area contributed by atoms with Crippen molar-refractivity contribution in [2.24, 2.45) is 0 Å². The Morgan fingerprint density at radius 2 is 2.14 bits per heavy atom. The molecular weight excluding hydrogens is 382 g/mol. The largest absolute Gasteiger partial charge is 0.379 e. The van der Waals surface area contributed by atoms with Crippen LogP contribution >= 0.6 is 26.6 Å². The van der Waals surface area contributed by atoms with Crippen LogP contribution in [0, 0.1) is 0 Å². The summed E-state index contributed by atoms with van der Waals surface area (Å²) < 4.78 is 28.6. The van der Waals surface area contributed by atoms with E-state index in [1.54, 1.807) is 7.11 Å². The van der Waals surface area contributed by atoms with E-state index in [0.717, 1.165) is 19.3 Å². The molecule has 1 aromatic carbocycles. The van der Waals surface area contributed by atoms with Crippen molar-refractivity contribution in [2.75, 3.05) is 7.11 Å². The number of rotatable bonds is 4. The fourth-order valence-electron chi connectivity index (χ4n) is 2.45. The molecular formula is C13H15BrClNO4S. The Kier molecular flexibility index (Phi) is 5.29. The summed E-state index contributed by atoms with van der Waals surface area (Å²) in [6.45, 7) is 0. The summed E-state index contributed by atoms with van der Waals surface area (Å²) >= 11 is 3.25. The van der Waals surface area contributed by atoms with E-state index < -0.39 is 9.05 Å². The number of methoxy groups -OCH3 is 1. The van der Waals surface area contributed by atoms with Crippen LogP contribution in [0.1, 0.15) is 29.6 Å². The third kappa shape index (κ3) is 3.97. The highest BCUT2D eigenvalue weighted by molar-refractivity contribution is 9.10. The van der Waals surface area contributed by atoms with Crippen LogP contribution in [0.25, 0.3) is 0 Å². The highest BCUT2D eigenvalue weighted by atomic mass is 79.9. The Bertz CT molecular complexity index is 650. The van der Waals surface area contributed by atoms with Crippen molar-refractivity contribution >= 4 is 41.6 Å². The summed E-state index contributed by atoms with van der Waals surface area (Å²) in [7, 11) is 3.05. The second-order valence-electron chi connectivity index (χ2n) is 4.86. The molecule has 2 rings (SSSR count). The molecule has 8 heteroatoms. The van der Waals surface area contributed by atoms with Crippen LogP contribution in [0.3, 0.4) is 0 Å². The van der Waals surface area contributed by atoms with Gasteiger partial charge in [-0.15, -0.1) is 0 Å². The fraction of sp³-hybridized carbons (Fsp3) is 0.462. The van der Waals surface area contributed by atoms with Gasteiger partial charge in [0.1, 0.15) is 0 Å².